The molecular weight excluding hydrogens is 354 g/mol. The van der Waals surface area contributed by atoms with Crippen LogP contribution in [-0.2, 0) is 4.79 Å². The number of aromatic nitrogens is 4. The van der Waals surface area contributed by atoms with Gasteiger partial charge in [-0.3, -0.25) is 14.9 Å². The van der Waals surface area contributed by atoms with Crippen LogP contribution in [0.5, 0.6) is 0 Å². The number of carbonyl (C=O) groups excluding carboxylic acids is 2. The molecule has 0 aliphatic carbocycles. The summed E-state index contributed by atoms with van der Waals surface area (Å²) < 4.78 is 0. The van der Waals surface area contributed by atoms with Crippen molar-refractivity contribution < 1.29 is 9.59 Å². The van der Waals surface area contributed by atoms with E-state index < -0.39 is 5.91 Å². The van der Waals surface area contributed by atoms with Crippen molar-refractivity contribution in [2.45, 2.75) is 0 Å². The van der Waals surface area contributed by atoms with Crippen LogP contribution in [0.25, 0.3) is 6.08 Å². The van der Waals surface area contributed by atoms with E-state index >= 15 is 0 Å². The van der Waals surface area contributed by atoms with Crippen molar-refractivity contribution >= 4 is 40.9 Å². The number of piperazine rings is 1. The molecule has 1 N–H and O–H groups in total. The van der Waals surface area contributed by atoms with Crippen LogP contribution in [0.15, 0.2) is 35.6 Å². The molecule has 2 aliphatic rings. The van der Waals surface area contributed by atoms with Crippen molar-refractivity contribution in [1.29, 1.82) is 0 Å². The van der Waals surface area contributed by atoms with E-state index in [1.807, 2.05) is 0 Å². The minimum Gasteiger partial charge on any atom is -0.337 e. The Morgan fingerprint density at radius 2 is 1.62 bits per heavy atom. The Balaban J connectivity index is 1.45. The molecule has 4 rings (SSSR count). The lowest BCUT2D eigenvalue weighted by molar-refractivity contribution is -0.115. The van der Waals surface area contributed by atoms with Gasteiger partial charge >= 0.3 is 0 Å². The Morgan fingerprint density at radius 3 is 2.27 bits per heavy atom. The highest BCUT2D eigenvalue weighted by atomic mass is 32.2. The predicted octanol–water partition coefficient (Wildman–Crippen LogP) is 0.917. The van der Waals surface area contributed by atoms with Gasteiger partial charge in [-0.2, -0.15) is 0 Å². The number of nitrogens with zero attached hydrogens (tertiary/aromatic N) is 6. The number of rotatable bonds is 3. The molecule has 2 saturated heterocycles. The van der Waals surface area contributed by atoms with Crippen molar-refractivity contribution in [2.75, 3.05) is 36.0 Å². The highest BCUT2D eigenvalue weighted by molar-refractivity contribution is 8.18. The number of hydrogen-bond acceptors (Lipinski definition) is 9. The van der Waals surface area contributed by atoms with Gasteiger partial charge in [0.1, 0.15) is 0 Å². The molecule has 2 fully saturated rings. The van der Waals surface area contributed by atoms with E-state index in [2.05, 4.69) is 35.1 Å². The Morgan fingerprint density at radius 1 is 0.962 bits per heavy atom. The van der Waals surface area contributed by atoms with Crippen molar-refractivity contribution in [2.24, 2.45) is 0 Å². The van der Waals surface area contributed by atoms with Crippen molar-refractivity contribution in [3.8, 4) is 0 Å². The first-order valence-corrected chi connectivity index (χ1v) is 8.85. The van der Waals surface area contributed by atoms with Gasteiger partial charge in [0.05, 0.1) is 10.6 Å². The topological polar surface area (TPSA) is 104 Å². The molecule has 0 spiro atoms. The first-order chi connectivity index (χ1) is 12.7. The molecule has 2 amide bonds. The highest BCUT2D eigenvalue weighted by Gasteiger charge is 2.25. The molecule has 0 unspecified atom stereocenters. The molecule has 0 aromatic carbocycles. The van der Waals surface area contributed by atoms with Crippen LogP contribution >= 0.6 is 11.8 Å². The zero-order chi connectivity index (χ0) is 17.9. The van der Waals surface area contributed by atoms with E-state index in [0.717, 1.165) is 43.9 Å². The standard InChI is InChI=1S/C16H15N7O2S/c24-13-12(26-16(25)21-13)10-11-2-5-19-15(20-11)23-8-6-22(7-9-23)14-17-3-1-4-18-14/h1-5,10H,6-9H2,(H,21,24,25)/b12-10-. The summed E-state index contributed by atoms with van der Waals surface area (Å²) in [5.74, 6) is 0.930. The molecule has 9 nitrogen and oxygen atoms in total. The fourth-order valence-electron chi connectivity index (χ4n) is 2.71. The summed E-state index contributed by atoms with van der Waals surface area (Å²) in [6.45, 7) is 3.02. The second-order valence-corrected chi connectivity index (χ2v) is 6.67. The molecule has 0 atom stereocenters. The molecule has 26 heavy (non-hydrogen) atoms. The van der Waals surface area contributed by atoms with E-state index in [4.69, 9.17) is 0 Å². The van der Waals surface area contributed by atoms with E-state index in [1.165, 1.54) is 0 Å². The Bertz CT molecular complexity index is 866. The number of nitrogens with one attached hydrogen (secondary N) is 1. The molecule has 10 heteroatoms. The first-order valence-electron chi connectivity index (χ1n) is 8.04. The fraction of sp³-hybridized carbons (Fsp3) is 0.250. The lowest BCUT2D eigenvalue weighted by Crippen LogP contribution is -2.47. The lowest BCUT2D eigenvalue weighted by Gasteiger charge is -2.34. The number of thioether (sulfide) groups is 1. The van der Waals surface area contributed by atoms with Crippen LogP contribution in [0.2, 0.25) is 0 Å². The van der Waals surface area contributed by atoms with Gasteiger partial charge in [-0.15, -0.1) is 0 Å². The van der Waals surface area contributed by atoms with Gasteiger partial charge in [-0.1, -0.05) is 0 Å². The van der Waals surface area contributed by atoms with Crippen molar-refractivity contribution in [1.82, 2.24) is 25.3 Å². The van der Waals surface area contributed by atoms with Crippen molar-refractivity contribution in [3.63, 3.8) is 0 Å². The SMILES string of the molecule is O=C1NC(=O)/C(=C/c2ccnc(N3CCN(c4ncccn4)CC3)n2)S1. The summed E-state index contributed by atoms with van der Waals surface area (Å²) in [6.07, 6.45) is 6.72. The molecule has 0 bridgehead atoms. The molecule has 2 aromatic heterocycles. The summed E-state index contributed by atoms with van der Waals surface area (Å²) in [7, 11) is 0. The summed E-state index contributed by atoms with van der Waals surface area (Å²) >= 11 is 0.875. The smallest absolute Gasteiger partial charge is 0.290 e. The quantitative estimate of drug-likeness (QED) is 0.791. The number of anilines is 2. The van der Waals surface area contributed by atoms with Gasteiger partial charge in [0.2, 0.25) is 11.9 Å². The Hall–Kier alpha value is -3.01. The normalized spacial score (nSPS) is 19.2. The maximum Gasteiger partial charge on any atom is 0.290 e. The van der Waals surface area contributed by atoms with E-state index in [-0.39, 0.29) is 5.24 Å². The van der Waals surface area contributed by atoms with Crippen LogP contribution in [0.3, 0.4) is 0 Å². The third-order valence-corrected chi connectivity index (χ3v) is 4.79. The average molecular weight is 369 g/mol. The Labute approximate surface area is 153 Å². The zero-order valence-electron chi connectivity index (χ0n) is 13.7. The third kappa shape index (κ3) is 3.49. The highest BCUT2D eigenvalue weighted by Crippen LogP contribution is 2.25. The molecule has 0 radical (unpaired) electrons. The third-order valence-electron chi connectivity index (χ3n) is 3.98. The van der Waals surface area contributed by atoms with Gasteiger partial charge in [0.25, 0.3) is 11.1 Å². The van der Waals surface area contributed by atoms with Crippen LogP contribution in [0.4, 0.5) is 16.7 Å². The van der Waals surface area contributed by atoms with E-state index in [1.54, 1.807) is 36.8 Å². The summed E-state index contributed by atoms with van der Waals surface area (Å²) in [6, 6.07) is 3.51. The number of amides is 2. The molecule has 132 valence electrons. The molecule has 4 heterocycles. The second-order valence-electron chi connectivity index (χ2n) is 5.66. The maximum atomic E-state index is 11.7. The minimum absolute atomic E-state index is 0.339. The summed E-state index contributed by atoms with van der Waals surface area (Å²) in [5.41, 5.74) is 0.594. The maximum absolute atomic E-state index is 11.7. The van der Waals surface area contributed by atoms with Gasteiger partial charge in [0, 0.05) is 44.8 Å². The van der Waals surface area contributed by atoms with Crippen LogP contribution < -0.4 is 15.1 Å². The van der Waals surface area contributed by atoms with Gasteiger partial charge in [0.15, 0.2) is 0 Å². The van der Waals surface area contributed by atoms with Gasteiger partial charge in [-0.05, 0) is 30.0 Å². The van der Waals surface area contributed by atoms with Crippen LogP contribution in [0.1, 0.15) is 5.69 Å². The fourth-order valence-corrected chi connectivity index (χ4v) is 3.38. The largest absolute Gasteiger partial charge is 0.337 e. The zero-order valence-corrected chi connectivity index (χ0v) is 14.5. The van der Waals surface area contributed by atoms with Crippen LogP contribution in [-0.4, -0.2) is 57.3 Å². The predicted molar refractivity (Wildman–Crippen MR) is 97.6 cm³/mol. The Kier molecular flexibility index (Phi) is 4.48. The monoisotopic (exact) mass is 369 g/mol. The molecular formula is C16H15N7O2S. The van der Waals surface area contributed by atoms with Gasteiger partial charge < -0.3 is 9.80 Å². The van der Waals surface area contributed by atoms with Crippen LogP contribution in [0, 0.1) is 0 Å². The van der Waals surface area contributed by atoms with E-state index in [9.17, 15) is 9.59 Å². The van der Waals surface area contributed by atoms with Crippen molar-refractivity contribution in [3.05, 3.63) is 41.3 Å². The molecule has 0 saturated carbocycles. The summed E-state index contributed by atoms with van der Waals surface area (Å²) in [5, 5.41) is 1.87. The van der Waals surface area contributed by atoms with Gasteiger partial charge in [-0.25, -0.2) is 19.9 Å². The second kappa shape index (κ2) is 7.08. The summed E-state index contributed by atoms with van der Waals surface area (Å²) in [4.78, 5) is 44.8. The molecule has 2 aliphatic heterocycles. The minimum atomic E-state index is -0.392. The first kappa shape index (κ1) is 16.5. The number of carbonyl (C=O) groups is 2. The average Bonchev–Trinajstić information content (AvgIpc) is 3.00. The number of hydrogen-bond donors (Lipinski definition) is 1. The number of imide groups is 1. The van der Waals surface area contributed by atoms with E-state index in [0.29, 0.717) is 16.5 Å². The molecule has 2 aromatic rings. The lowest BCUT2D eigenvalue weighted by atomic mass is 10.3.